The first-order valence-electron chi connectivity index (χ1n) is 7.52. The molecule has 0 spiro atoms. The quantitative estimate of drug-likeness (QED) is 0.439. The Kier molecular flexibility index (Phi) is 7.18. The predicted molar refractivity (Wildman–Crippen MR) is 90.7 cm³/mol. The van der Waals surface area contributed by atoms with Crippen molar-refractivity contribution in [3.63, 3.8) is 0 Å². The first-order chi connectivity index (χ1) is 9.29. The zero-order valence-electron chi connectivity index (χ0n) is 15.2. The van der Waals surface area contributed by atoms with Gasteiger partial charge < -0.3 is 9.47 Å². The molecule has 0 saturated carbocycles. The summed E-state index contributed by atoms with van der Waals surface area (Å²) in [4.78, 5) is 11.9. The van der Waals surface area contributed by atoms with E-state index in [-0.39, 0.29) is 17.5 Å². The topological polar surface area (TPSA) is 35.5 Å². The van der Waals surface area contributed by atoms with E-state index in [2.05, 4.69) is 31.1 Å². The van der Waals surface area contributed by atoms with Gasteiger partial charge in [-0.3, -0.25) is 4.79 Å². The lowest BCUT2D eigenvalue weighted by Crippen LogP contribution is -2.38. The van der Waals surface area contributed by atoms with Crippen molar-refractivity contribution in [3.8, 4) is 11.5 Å². The molecule has 0 rings (SSSR count). The highest BCUT2D eigenvalue weighted by molar-refractivity contribution is 6.83. The van der Waals surface area contributed by atoms with Crippen molar-refractivity contribution in [2.24, 2.45) is 11.3 Å². The lowest BCUT2D eigenvalue weighted by atomic mass is 9.88. The van der Waals surface area contributed by atoms with Crippen LogP contribution in [0.2, 0.25) is 19.6 Å². The molecule has 0 aliphatic heterocycles. The van der Waals surface area contributed by atoms with Gasteiger partial charge in [-0.2, -0.15) is 0 Å². The minimum absolute atomic E-state index is 0.0673. The third kappa shape index (κ3) is 8.28. The predicted octanol–water partition coefficient (Wildman–Crippen LogP) is 3.89. The smallest absolute Gasteiger partial charge is 0.311 e. The molecule has 0 aliphatic rings. The highest BCUT2D eigenvalue weighted by Crippen LogP contribution is 2.25. The maximum Gasteiger partial charge on any atom is 0.311 e. The van der Waals surface area contributed by atoms with Crippen LogP contribution in [0.5, 0.6) is 0 Å². The van der Waals surface area contributed by atoms with Gasteiger partial charge >= 0.3 is 5.97 Å². The number of rotatable bonds is 5. The van der Waals surface area contributed by atoms with Gasteiger partial charge in [-0.15, -0.1) is 11.5 Å². The zero-order chi connectivity index (χ0) is 16.9. The maximum atomic E-state index is 11.9. The summed E-state index contributed by atoms with van der Waals surface area (Å²) in [5.41, 5.74) is 2.51. The van der Waals surface area contributed by atoms with Crippen molar-refractivity contribution in [1.82, 2.24) is 0 Å². The molecule has 0 amide bonds. The Morgan fingerprint density at radius 3 is 2.05 bits per heavy atom. The summed E-state index contributed by atoms with van der Waals surface area (Å²) in [6.45, 7) is 16.6. The Labute approximate surface area is 131 Å². The van der Waals surface area contributed by atoms with Crippen LogP contribution in [0.3, 0.4) is 0 Å². The summed E-state index contributed by atoms with van der Waals surface area (Å²) in [6, 6.07) is 0. The molecule has 0 heterocycles. The third-order valence-electron chi connectivity index (χ3n) is 3.35. The Hall–Kier alpha value is -0.793. The summed E-state index contributed by atoms with van der Waals surface area (Å²) in [5, 5.41) is 0. The molecule has 0 aromatic rings. The molecule has 0 fully saturated rings. The molecule has 0 N–H and O–H groups in total. The lowest BCUT2D eigenvalue weighted by molar-refractivity contribution is -0.157. The van der Waals surface area contributed by atoms with Crippen molar-refractivity contribution >= 4 is 14.0 Å². The fraction of sp³-hybridized carbons (Fsp3) is 0.824. The second-order valence-electron chi connectivity index (χ2n) is 8.11. The molecule has 0 aromatic carbocycles. The van der Waals surface area contributed by atoms with E-state index in [1.54, 1.807) is 7.11 Å². The fourth-order valence-electron chi connectivity index (χ4n) is 1.50. The number of carbonyl (C=O) groups is 1. The normalized spacial score (nSPS) is 14.1. The van der Waals surface area contributed by atoms with E-state index in [1.165, 1.54) is 0 Å². The number of methoxy groups -OCH3 is 1. The molecule has 122 valence electrons. The molecule has 0 unspecified atom stereocenters. The molecule has 0 aliphatic carbocycles. The largest absolute Gasteiger partial charge is 0.465 e. The number of carbonyl (C=O) groups excluding carboxylic acids is 1. The maximum absolute atomic E-state index is 11.9. The molecule has 21 heavy (non-hydrogen) atoms. The van der Waals surface area contributed by atoms with Gasteiger partial charge in [0, 0.05) is 19.4 Å². The van der Waals surface area contributed by atoms with Gasteiger partial charge in [0.05, 0.1) is 17.6 Å². The van der Waals surface area contributed by atoms with Crippen LogP contribution in [-0.4, -0.2) is 33.4 Å². The highest BCUT2D eigenvalue weighted by Gasteiger charge is 2.32. The molecular formula is C17H32O3Si. The van der Waals surface area contributed by atoms with Crippen LogP contribution in [-0.2, 0) is 14.3 Å². The van der Waals surface area contributed by atoms with Crippen LogP contribution in [0.1, 0.15) is 41.0 Å². The van der Waals surface area contributed by atoms with E-state index >= 15 is 0 Å². The van der Waals surface area contributed by atoms with E-state index in [9.17, 15) is 4.79 Å². The molecule has 0 saturated heterocycles. The molecule has 4 heteroatoms. The summed E-state index contributed by atoms with van der Waals surface area (Å²) < 4.78 is 11.0. The van der Waals surface area contributed by atoms with Crippen LogP contribution in [0.25, 0.3) is 0 Å². The Bertz CT molecular complexity index is 402. The number of hydrogen-bond acceptors (Lipinski definition) is 3. The van der Waals surface area contributed by atoms with Crippen molar-refractivity contribution in [2.75, 3.05) is 13.7 Å². The second-order valence-corrected chi connectivity index (χ2v) is 12.9. The van der Waals surface area contributed by atoms with Gasteiger partial charge in [-0.25, -0.2) is 0 Å². The third-order valence-corrected chi connectivity index (χ3v) is 4.28. The first-order valence-corrected chi connectivity index (χ1v) is 11.0. The average molecular weight is 313 g/mol. The van der Waals surface area contributed by atoms with E-state index in [4.69, 9.17) is 9.47 Å². The van der Waals surface area contributed by atoms with Crippen LogP contribution in [0.15, 0.2) is 0 Å². The van der Waals surface area contributed by atoms with Crippen LogP contribution in [0, 0.1) is 22.8 Å². The monoisotopic (exact) mass is 312 g/mol. The van der Waals surface area contributed by atoms with Crippen LogP contribution < -0.4 is 0 Å². The van der Waals surface area contributed by atoms with Crippen molar-refractivity contribution in [1.29, 1.82) is 0 Å². The highest BCUT2D eigenvalue weighted by atomic mass is 28.3. The van der Waals surface area contributed by atoms with Crippen LogP contribution in [0.4, 0.5) is 0 Å². The van der Waals surface area contributed by atoms with Gasteiger partial charge in [0.2, 0.25) is 0 Å². The van der Waals surface area contributed by atoms with Crippen molar-refractivity contribution < 1.29 is 14.3 Å². The molecular weight excluding hydrogens is 280 g/mol. The number of ether oxygens (including phenoxy) is 2. The Morgan fingerprint density at radius 2 is 1.67 bits per heavy atom. The van der Waals surface area contributed by atoms with Gasteiger partial charge in [0.15, 0.2) is 0 Å². The Morgan fingerprint density at radius 1 is 1.14 bits per heavy atom. The zero-order valence-corrected chi connectivity index (χ0v) is 16.2. The SMILES string of the molecule is COC(C)(C)[C@H](CC#C[Si](C)(C)C)COC(=O)C(C)(C)C. The van der Waals surface area contributed by atoms with Crippen LogP contribution >= 0.6 is 0 Å². The summed E-state index contributed by atoms with van der Waals surface area (Å²) in [6.07, 6.45) is 0.683. The average Bonchev–Trinajstić information content (AvgIpc) is 2.30. The van der Waals surface area contributed by atoms with Crippen molar-refractivity contribution in [2.45, 2.75) is 66.3 Å². The minimum atomic E-state index is -1.38. The Balaban J connectivity index is 4.85. The van der Waals surface area contributed by atoms with Gasteiger partial charge in [0.1, 0.15) is 8.07 Å². The summed E-state index contributed by atoms with van der Waals surface area (Å²) in [7, 11) is 0.307. The fourth-order valence-corrected chi connectivity index (χ4v) is 2.14. The van der Waals surface area contributed by atoms with Gasteiger partial charge in [-0.1, -0.05) is 19.6 Å². The lowest BCUT2D eigenvalue weighted by Gasteiger charge is -2.32. The van der Waals surface area contributed by atoms with E-state index in [0.29, 0.717) is 13.0 Å². The van der Waals surface area contributed by atoms with E-state index in [1.807, 2.05) is 34.6 Å². The molecule has 3 nitrogen and oxygen atoms in total. The first kappa shape index (κ1) is 20.2. The summed E-state index contributed by atoms with van der Waals surface area (Å²) in [5.74, 6) is 3.15. The molecule has 0 radical (unpaired) electrons. The minimum Gasteiger partial charge on any atom is -0.465 e. The summed E-state index contributed by atoms with van der Waals surface area (Å²) >= 11 is 0. The number of hydrogen-bond donors (Lipinski definition) is 0. The molecule has 0 bridgehead atoms. The second kappa shape index (κ2) is 7.46. The molecule has 0 aromatic heterocycles. The molecule has 1 atom stereocenters. The van der Waals surface area contributed by atoms with Gasteiger partial charge in [-0.05, 0) is 34.6 Å². The van der Waals surface area contributed by atoms with E-state index < -0.39 is 13.5 Å². The van der Waals surface area contributed by atoms with Crippen molar-refractivity contribution in [3.05, 3.63) is 0 Å². The van der Waals surface area contributed by atoms with Gasteiger partial charge in [0.25, 0.3) is 0 Å². The number of esters is 1. The van der Waals surface area contributed by atoms with E-state index in [0.717, 1.165) is 0 Å². The standard InChI is InChI=1S/C17H32O3Si/c1-16(2,3)15(18)20-13-14(17(4,5)19-6)11-10-12-21(7,8)9/h14H,11,13H2,1-9H3/t14-/m1/s1.